The van der Waals surface area contributed by atoms with Crippen LogP contribution < -0.4 is 20.1 Å². The number of benzene rings is 3. The van der Waals surface area contributed by atoms with Gasteiger partial charge in [0.1, 0.15) is 11.5 Å². The number of methoxy groups -OCH3 is 1. The first kappa shape index (κ1) is 21.1. The molecule has 0 spiro atoms. The molecular formula is C28H28N2O3. The minimum absolute atomic E-state index is 0.121. The molecule has 2 N–H and O–H groups in total. The fourth-order valence-corrected chi connectivity index (χ4v) is 4.80. The van der Waals surface area contributed by atoms with Crippen LogP contribution in [0.4, 0.5) is 11.4 Å². The summed E-state index contributed by atoms with van der Waals surface area (Å²) in [6.07, 6.45) is 1.25. The zero-order chi connectivity index (χ0) is 22.8. The standard InChI is InChI=1S/C28H28N2O3/c1-3-33-22-8-6-7-19(15-22)28-27-25(29-23-9-4-5-10-24(23)30-28)16-20(17-26(27)31)18-11-13-21(32-2)14-12-18/h4-15,20,28-30H,3,16-17H2,1-2H3/t20-,28+/m1/s1. The molecule has 0 amide bonds. The SMILES string of the molecule is CCOc1cccc([C@@H]2Nc3ccccc3NC3=C2C(=O)C[C@H](c2ccc(OC)cc2)C3)c1. The number of para-hydroxylation sites is 2. The van der Waals surface area contributed by atoms with Crippen molar-refractivity contribution in [2.45, 2.75) is 31.7 Å². The number of Topliss-reactive ketones (excluding diaryl/α,β-unsaturated/α-hetero) is 1. The van der Waals surface area contributed by atoms with Crippen molar-refractivity contribution < 1.29 is 14.3 Å². The highest BCUT2D eigenvalue weighted by atomic mass is 16.5. The Morgan fingerprint density at radius 2 is 1.67 bits per heavy atom. The second kappa shape index (κ2) is 9.02. The van der Waals surface area contributed by atoms with Gasteiger partial charge < -0.3 is 20.1 Å². The molecule has 5 rings (SSSR count). The number of ether oxygens (including phenoxy) is 2. The van der Waals surface area contributed by atoms with Crippen molar-refractivity contribution in [3.05, 3.63) is 95.2 Å². The van der Waals surface area contributed by atoms with Crippen molar-refractivity contribution in [1.82, 2.24) is 0 Å². The number of carbonyl (C=O) groups excluding carboxylic acids is 1. The quantitative estimate of drug-likeness (QED) is 0.504. The lowest BCUT2D eigenvalue weighted by atomic mass is 9.78. The Hall–Kier alpha value is -3.73. The zero-order valence-corrected chi connectivity index (χ0v) is 18.9. The fraction of sp³-hybridized carbons (Fsp3) is 0.250. The number of ketones is 1. The number of hydrogen-bond donors (Lipinski definition) is 2. The van der Waals surface area contributed by atoms with Crippen LogP contribution in [0, 0.1) is 0 Å². The molecule has 3 aromatic carbocycles. The fourth-order valence-electron chi connectivity index (χ4n) is 4.80. The largest absolute Gasteiger partial charge is 0.497 e. The Morgan fingerprint density at radius 3 is 2.42 bits per heavy atom. The minimum Gasteiger partial charge on any atom is -0.497 e. The summed E-state index contributed by atoms with van der Waals surface area (Å²) in [7, 11) is 1.66. The van der Waals surface area contributed by atoms with Gasteiger partial charge in [0.15, 0.2) is 5.78 Å². The number of anilines is 2. The van der Waals surface area contributed by atoms with Gasteiger partial charge in [-0.25, -0.2) is 0 Å². The Kier molecular flexibility index (Phi) is 5.78. The van der Waals surface area contributed by atoms with Gasteiger partial charge in [-0.15, -0.1) is 0 Å². The summed E-state index contributed by atoms with van der Waals surface area (Å²) in [6.45, 7) is 2.57. The molecule has 1 aliphatic heterocycles. The summed E-state index contributed by atoms with van der Waals surface area (Å²) in [6, 6.07) is 23.9. The Morgan fingerprint density at radius 1 is 0.879 bits per heavy atom. The van der Waals surface area contributed by atoms with Gasteiger partial charge in [-0.3, -0.25) is 4.79 Å². The molecule has 33 heavy (non-hydrogen) atoms. The highest BCUT2D eigenvalue weighted by Crippen LogP contribution is 2.44. The van der Waals surface area contributed by atoms with E-state index >= 15 is 0 Å². The maximum Gasteiger partial charge on any atom is 0.163 e. The van der Waals surface area contributed by atoms with Crippen molar-refractivity contribution in [1.29, 1.82) is 0 Å². The maximum atomic E-state index is 13.6. The Bertz CT molecular complexity index is 1200. The third-order valence-electron chi connectivity index (χ3n) is 6.40. The molecule has 0 unspecified atom stereocenters. The van der Waals surface area contributed by atoms with Crippen molar-refractivity contribution in [3.8, 4) is 11.5 Å². The van der Waals surface area contributed by atoms with E-state index in [9.17, 15) is 4.79 Å². The van der Waals surface area contributed by atoms with Crippen molar-refractivity contribution in [3.63, 3.8) is 0 Å². The van der Waals surface area contributed by atoms with Gasteiger partial charge in [-0.05, 0) is 66.8 Å². The van der Waals surface area contributed by atoms with E-state index in [2.05, 4.69) is 28.8 Å². The van der Waals surface area contributed by atoms with Crippen molar-refractivity contribution in [2.24, 2.45) is 0 Å². The number of rotatable bonds is 5. The third kappa shape index (κ3) is 4.19. The van der Waals surface area contributed by atoms with Crippen LogP contribution in [-0.2, 0) is 4.79 Å². The van der Waals surface area contributed by atoms with E-state index in [4.69, 9.17) is 9.47 Å². The number of allylic oxidation sites excluding steroid dienone is 1. The average molecular weight is 441 g/mol. The van der Waals surface area contributed by atoms with Crippen LogP contribution in [0.15, 0.2) is 84.1 Å². The van der Waals surface area contributed by atoms with E-state index in [-0.39, 0.29) is 17.7 Å². The zero-order valence-electron chi connectivity index (χ0n) is 18.9. The second-order valence-electron chi connectivity index (χ2n) is 8.45. The predicted octanol–water partition coefficient (Wildman–Crippen LogP) is 6.07. The van der Waals surface area contributed by atoms with Crippen molar-refractivity contribution in [2.75, 3.05) is 24.4 Å². The van der Waals surface area contributed by atoms with Crippen LogP contribution in [0.5, 0.6) is 11.5 Å². The van der Waals surface area contributed by atoms with Gasteiger partial charge in [-0.2, -0.15) is 0 Å². The summed E-state index contributed by atoms with van der Waals surface area (Å²) >= 11 is 0. The van der Waals surface area contributed by atoms with Gasteiger partial charge in [0.05, 0.1) is 31.1 Å². The minimum atomic E-state index is -0.249. The van der Waals surface area contributed by atoms with Gasteiger partial charge in [0.2, 0.25) is 0 Å². The molecule has 3 aromatic rings. The molecule has 1 aliphatic carbocycles. The molecule has 5 heteroatoms. The van der Waals surface area contributed by atoms with Gasteiger partial charge in [-0.1, -0.05) is 36.4 Å². The molecule has 0 aromatic heterocycles. The topological polar surface area (TPSA) is 59.6 Å². The highest BCUT2D eigenvalue weighted by molar-refractivity contribution is 6.01. The van der Waals surface area contributed by atoms with Crippen LogP contribution in [0.3, 0.4) is 0 Å². The summed E-state index contributed by atoms with van der Waals surface area (Å²) in [5, 5.41) is 7.23. The van der Waals surface area contributed by atoms with Crippen LogP contribution >= 0.6 is 0 Å². The molecular weight excluding hydrogens is 412 g/mol. The molecule has 0 saturated heterocycles. The first-order chi connectivity index (χ1) is 16.2. The highest BCUT2D eigenvalue weighted by Gasteiger charge is 2.36. The van der Waals surface area contributed by atoms with Gasteiger partial charge in [0.25, 0.3) is 0 Å². The van der Waals surface area contributed by atoms with Crippen LogP contribution in [0.2, 0.25) is 0 Å². The van der Waals surface area contributed by atoms with Gasteiger partial charge >= 0.3 is 0 Å². The first-order valence-electron chi connectivity index (χ1n) is 11.4. The van der Waals surface area contributed by atoms with Crippen LogP contribution in [-0.4, -0.2) is 19.5 Å². The molecule has 0 radical (unpaired) electrons. The first-order valence-corrected chi connectivity index (χ1v) is 11.4. The second-order valence-corrected chi connectivity index (χ2v) is 8.45. The normalized spacial score (nSPS) is 19.5. The number of fused-ring (bicyclic) bond motifs is 1. The smallest absolute Gasteiger partial charge is 0.163 e. The molecule has 168 valence electrons. The third-order valence-corrected chi connectivity index (χ3v) is 6.40. The maximum absolute atomic E-state index is 13.6. The molecule has 0 bridgehead atoms. The van der Waals surface area contributed by atoms with E-state index in [1.165, 1.54) is 0 Å². The van der Waals surface area contributed by atoms with E-state index in [1.807, 2.05) is 61.5 Å². The lowest BCUT2D eigenvalue weighted by Crippen LogP contribution is -2.26. The molecule has 2 atom stereocenters. The summed E-state index contributed by atoms with van der Waals surface area (Å²) in [5.74, 6) is 1.91. The van der Waals surface area contributed by atoms with E-state index in [0.29, 0.717) is 13.0 Å². The molecule has 1 heterocycles. The predicted molar refractivity (Wildman–Crippen MR) is 131 cm³/mol. The summed E-state index contributed by atoms with van der Waals surface area (Å²) < 4.78 is 11.0. The Labute approximate surface area is 194 Å². The number of carbonyl (C=O) groups is 1. The Balaban J connectivity index is 1.57. The molecule has 5 nitrogen and oxygen atoms in total. The molecule has 2 aliphatic rings. The monoisotopic (exact) mass is 440 g/mol. The summed E-state index contributed by atoms with van der Waals surface area (Å²) in [5.41, 5.74) is 5.92. The van der Waals surface area contributed by atoms with E-state index in [1.54, 1.807) is 7.11 Å². The number of hydrogen-bond acceptors (Lipinski definition) is 5. The van der Waals surface area contributed by atoms with Gasteiger partial charge in [0, 0.05) is 17.7 Å². The number of nitrogens with one attached hydrogen (secondary N) is 2. The van der Waals surface area contributed by atoms with E-state index < -0.39 is 0 Å². The van der Waals surface area contributed by atoms with Crippen LogP contribution in [0.25, 0.3) is 0 Å². The summed E-state index contributed by atoms with van der Waals surface area (Å²) in [4.78, 5) is 13.6. The molecule has 0 saturated carbocycles. The van der Waals surface area contributed by atoms with Crippen LogP contribution in [0.1, 0.15) is 42.9 Å². The van der Waals surface area contributed by atoms with E-state index in [0.717, 1.165) is 51.7 Å². The molecule has 0 fully saturated rings. The van der Waals surface area contributed by atoms with Crippen molar-refractivity contribution >= 4 is 17.2 Å². The lowest BCUT2D eigenvalue weighted by Gasteiger charge is -2.30. The lowest BCUT2D eigenvalue weighted by molar-refractivity contribution is -0.116. The average Bonchev–Trinajstić information content (AvgIpc) is 3.01.